The molecule has 3 aromatic rings. The molecule has 0 bridgehead atoms. The molecule has 0 fully saturated rings. The zero-order valence-corrected chi connectivity index (χ0v) is 16.4. The minimum Gasteiger partial charge on any atom is -0.495 e. The summed E-state index contributed by atoms with van der Waals surface area (Å²) in [5.41, 5.74) is 2.78. The molecule has 0 saturated carbocycles. The van der Waals surface area contributed by atoms with Crippen molar-refractivity contribution in [3.63, 3.8) is 0 Å². The van der Waals surface area contributed by atoms with Crippen LogP contribution in [-0.4, -0.2) is 13.3 Å². The maximum Gasteiger partial charge on any atom is 0.145 e. The zero-order chi connectivity index (χ0) is 18.8. The zero-order valence-electron chi connectivity index (χ0n) is 14.8. The second-order valence-electron chi connectivity index (χ2n) is 6.31. The molecule has 1 aromatic carbocycles. The number of fused-ring (bicyclic) bond motifs is 1. The standard InChI is InChI=1S/C21H17ClN2O2S/c1-25-19-8-6-13(10-17(19)22)18-9-7-14(26-18)12-24-21-16(11-23)15-4-2-3-5-20(15)27-21/h6-10,12H,2-5H2,1H3. The number of nitriles is 1. The number of hydrogen-bond donors (Lipinski definition) is 0. The Kier molecular flexibility index (Phi) is 5.02. The molecule has 1 aliphatic rings. The molecule has 0 saturated heterocycles. The van der Waals surface area contributed by atoms with Gasteiger partial charge in [-0.15, -0.1) is 11.3 Å². The molecule has 1 aliphatic carbocycles. The van der Waals surface area contributed by atoms with Gasteiger partial charge in [0.15, 0.2) is 0 Å². The van der Waals surface area contributed by atoms with Crippen molar-refractivity contribution >= 4 is 34.2 Å². The van der Waals surface area contributed by atoms with Gasteiger partial charge in [0.2, 0.25) is 0 Å². The predicted octanol–water partition coefficient (Wildman–Crippen LogP) is 6.17. The first-order chi connectivity index (χ1) is 13.2. The van der Waals surface area contributed by atoms with Crippen LogP contribution < -0.4 is 4.74 Å². The Labute approximate surface area is 166 Å². The van der Waals surface area contributed by atoms with Crippen molar-refractivity contribution in [1.82, 2.24) is 0 Å². The number of rotatable bonds is 4. The summed E-state index contributed by atoms with van der Waals surface area (Å²) in [6.45, 7) is 0. The number of ether oxygens (including phenoxy) is 1. The summed E-state index contributed by atoms with van der Waals surface area (Å²) < 4.78 is 11.0. The summed E-state index contributed by atoms with van der Waals surface area (Å²) in [6, 6.07) is 11.6. The Morgan fingerprint density at radius 1 is 1.26 bits per heavy atom. The van der Waals surface area contributed by atoms with Crippen LogP contribution in [0.25, 0.3) is 11.3 Å². The van der Waals surface area contributed by atoms with Gasteiger partial charge in [0.1, 0.15) is 28.3 Å². The van der Waals surface area contributed by atoms with E-state index in [1.807, 2.05) is 24.3 Å². The Balaban J connectivity index is 1.59. The number of halogens is 1. The molecular weight excluding hydrogens is 380 g/mol. The van der Waals surface area contributed by atoms with Crippen molar-refractivity contribution in [2.75, 3.05) is 7.11 Å². The van der Waals surface area contributed by atoms with E-state index in [1.165, 1.54) is 16.9 Å². The largest absolute Gasteiger partial charge is 0.495 e. The molecule has 0 N–H and O–H groups in total. The number of thiophene rings is 1. The molecule has 4 nitrogen and oxygen atoms in total. The van der Waals surface area contributed by atoms with Crippen LogP contribution in [0.15, 0.2) is 39.7 Å². The van der Waals surface area contributed by atoms with Gasteiger partial charge in [0, 0.05) is 10.4 Å². The highest BCUT2D eigenvalue weighted by Crippen LogP contribution is 2.39. The van der Waals surface area contributed by atoms with E-state index >= 15 is 0 Å². The van der Waals surface area contributed by atoms with Crippen LogP contribution in [0.3, 0.4) is 0 Å². The normalized spacial score (nSPS) is 13.5. The van der Waals surface area contributed by atoms with Crippen LogP contribution in [0.5, 0.6) is 5.75 Å². The van der Waals surface area contributed by atoms with Crippen molar-refractivity contribution in [3.8, 4) is 23.1 Å². The molecule has 27 heavy (non-hydrogen) atoms. The van der Waals surface area contributed by atoms with Gasteiger partial charge in [-0.05, 0) is 61.6 Å². The van der Waals surface area contributed by atoms with Crippen molar-refractivity contribution in [1.29, 1.82) is 5.26 Å². The van der Waals surface area contributed by atoms with Gasteiger partial charge in [0.25, 0.3) is 0 Å². The van der Waals surface area contributed by atoms with Crippen LogP contribution in [0, 0.1) is 11.3 Å². The minimum atomic E-state index is 0.532. The first kappa shape index (κ1) is 17.8. The third kappa shape index (κ3) is 3.51. The summed E-state index contributed by atoms with van der Waals surface area (Å²) in [6.07, 6.45) is 6.04. The first-order valence-corrected chi connectivity index (χ1v) is 9.91. The van der Waals surface area contributed by atoms with Crippen molar-refractivity contribution in [3.05, 3.63) is 57.1 Å². The fourth-order valence-corrected chi connectivity index (χ4v) is 4.72. The van der Waals surface area contributed by atoms with Gasteiger partial charge in [-0.2, -0.15) is 5.26 Å². The lowest BCUT2D eigenvalue weighted by atomic mass is 9.96. The van der Waals surface area contributed by atoms with Gasteiger partial charge < -0.3 is 9.15 Å². The SMILES string of the molecule is COc1ccc(-c2ccc(C=Nc3sc4c(c3C#N)CCCC4)o2)cc1Cl. The summed E-state index contributed by atoms with van der Waals surface area (Å²) in [7, 11) is 1.58. The van der Waals surface area contributed by atoms with E-state index in [2.05, 4.69) is 11.1 Å². The minimum absolute atomic E-state index is 0.532. The molecule has 6 heteroatoms. The van der Waals surface area contributed by atoms with E-state index in [4.69, 9.17) is 20.8 Å². The second kappa shape index (κ2) is 7.59. The summed E-state index contributed by atoms with van der Waals surface area (Å²) in [5.74, 6) is 1.96. The summed E-state index contributed by atoms with van der Waals surface area (Å²) in [4.78, 5) is 5.84. The fraction of sp³-hybridized carbons (Fsp3) is 0.238. The number of aryl methyl sites for hydroxylation is 1. The molecule has 0 atom stereocenters. The highest BCUT2D eigenvalue weighted by molar-refractivity contribution is 7.16. The van der Waals surface area contributed by atoms with E-state index in [0.29, 0.717) is 22.3 Å². The number of nitrogens with zero attached hydrogens (tertiary/aromatic N) is 2. The van der Waals surface area contributed by atoms with Gasteiger partial charge >= 0.3 is 0 Å². The average molecular weight is 397 g/mol. The van der Waals surface area contributed by atoms with Gasteiger partial charge in [-0.1, -0.05) is 11.6 Å². The summed E-state index contributed by atoms with van der Waals surface area (Å²) >= 11 is 7.81. The number of methoxy groups -OCH3 is 1. The Morgan fingerprint density at radius 2 is 2.11 bits per heavy atom. The Bertz CT molecular complexity index is 1060. The number of furan rings is 1. The van der Waals surface area contributed by atoms with Gasteiger partial charge in [-0.3, -0.25) is 0 Å². The molecule has 136 valence electrons. The molecule has 0 radical (unpaired) electrons. The highest BCUT2D eigenvalue weighted by atomic mass is 35.5. The number of hydrogen-bond acceptors (Lipinski definition) is 5. The van der Waals surface area contributed by atoms with Crippen LogP contribution in [0.1, 0.15) is 34.6 Å². The molecule has 2 heterocycles. The maximum atomic E-state index is 9.52. The van der Waals surface area contributed by atoms with Crippen molar-refractivity contribution in [2.24, 2.45) is 4.99 Å². The van der Waals surface area contributed by atoms with E-state index in [0.717, 1.165) is 35.4 Å². The van der Waals surface area contributed by atoms with Crippen LogP contribution in [-0.2, 0) is 12.8 Å². The lowest BCUT2D eigenvalue weighted by molar-refractivity contribution is 0.415. The quantitative estimate of drug-likeness (QED) is 0.495. The Morgan fingerprint density at radius 3 is 2.89 bits per heavy atom. The van der Waals surface area contributed by atoms with Crippen molar-refractivity contribution < 1.29 is 9.15 Å². The average Bonchev–Trinajstić information content (AvgIpc) is 3.30. The molecule has 0 unspecified atom stereocenters. The smallest absolute Gasteiger partial charge is 0.145 e. The number of aliphatic imine (C=N–C) groups is 1. The first-order valence-electron chi connectivity index (χ1n) is 8.72. The second-order valence-corrected chi connectivity index (χ2v) is 7.80. The molecule has 4 rings (SSSR count). The molecule has 0 spiro atoms. The lowest BCUT2D eigenvalue weighted by Gasteiger charge is -2.09. The van der Waals surface area contributed by atoms with E-state index < -0.39 is 0 Å². The van der Waals surface area contributed by atoms with E-state index in [1.54, 1.807) is 30.7 Å². The van der Waals surface area contributed by atoms with Crippen LogP contribution in [0.4, 0.5) is 5.00 Å². The maximum absolute atomic E-state index is 9.52. The topological polar surface area (TPSA) is 58.5 Å². The third-order valence-corrected chi connectivity index (χ3v) is 6.13. The van der Waals surface area contributed by atoms with Crippen LogP contribution in [0.2, 0.25) is 5.02 Å². The fourth-order valence-electron chi connectivity index (χ4n) is 3.28. The summed E-state index contributed by atoms with van der Waals surface area (Å²) in [5, 5.41) is 10.8. The molecule has 0 amide bonds. The van der Waals surface area contributed by atoms with Gasteiger partial charge in [-0.25, -0.2) is 4.99 Å². The third-order valence-electron chi connectivity index (χ3n) is 4.64. The highest BCUT2D eigenvalue weighted by Gasteiger charge is 2.20. The molecule has 0 aliphatic heterocycles. The number of benzene rings is 1. The van der Waals surface area contributed by atoms with Crippen molar-refractivity contribution in [2.45, 2.75) is 25.7 Å². The molecular formula is C21H17ClN2O2S. The molecule has 2 aromatic heterocycles. The lowest BCUT2D eigenvalue weighted by Crippen LogP contribution is -1.99. The van der Waals surface area contributed by atoms with Gasteiger partial charge in [0.05, 0.1) is 23.9 Å². The van der Waals surface area contributed by atoms with E-state index in [9.17, 15) is 5.26 Å². The predicted molar refractivity (Wildman–Crippen MR) is 109 cm³/mol. The monoisotopic (exact) mass is 396 g/mol. The Hall–Kier alpha value is -2.55. The van der Waals surface area contributed by atoms with Crippen LogP contribution >= 0.6 is 22.9 Å². The van der Waals surface area contributed by atoms with E-state index in [-0.39, 0.29) is 0 Å².